The first-order valence-electron chi connectivity index (χ1n) is 9.14. The molecule has 0 aliphatic carbocycles. The average molecular weight is 419 g/mol. The zero-order chi connectivity index (χ0) is 19.8. The van der Waals surface area contributed by atoms with E-state index in [0.717, 1.165) is 30.3 Å². The van der Waals surface area contributed by atoms with E-state index in [1.54, 1.807) is 18.2 Å². The minimum atomic E-state index is -0.342. The topological polar surface area (TPSA) is 73.5 Å². The van der Waals surface area contributed by atoms with E-state index in [0.29, 0.717) is 16.4 Å². The second-order valence-electron chi connectivity index (χ2n) is 6.31. The molecule has 1 aliphatic heterocycles. The number of carbonyl (C=O) groups excluding carboxylic acids is 2. The summed E-state index contributed by atoms with van der Waals surface area (Å²) in [4.78, 5) is 26.2. The predicted molar refractivity (Wildman–Crippen MR) is 118 cm³/mol. The van der Waals surface area contributed by atoms with Gasteiger partial charge < -0.3 is 20.9 Å². The first kappa shape index (κ1) is 20.4. The molecule has 0 saturated carbocycles. The Morgan fingerprint density at radius 1 is 1.00 bits per heavy atom. The lowest BCUT2D eigenvalue weighted by Gasteiger charge is -2.29. The summed E-state index contributed by atoms with van der Waals surface area (Å²) in [6.07, 6.45) is 0.172. The predicted octanol–water partition coefficient (Wildman–Crippen LogP) is 4.04. The van der Waals surface area contributed by atoms with Crippen LogP contribution < -0.4 is 20.9 Å². The van der Waals surface area contributed by atoms with Crippen molar-refractivity contribution < 1.29 is 9.59 Å². The van der Waals surface area contributed by atoms with Gasteiger partial charge in [0.05, 0.1) is 10.7 Å². The summed E-state index contributed by atoms with van der Waals surface area (Å²) in [6, 6.07) is 14.4. The monoisotopic (exact) mass is 418 g/mol. The highest BCUT2D eigenvalue weighted by molar-refractivity contribution is 7.99. The lowest BCUT2D eigenvalue weighted by molar-refractivity contribution is -0.116. The fraction of sp³-hybridized carbons (Fsp3) is 0.300. The molecule has 3 rings (SSSR count). The van der Waals surface area contributed by atoms with Crippen LogP contribution >= 0.6 is 23.4 Å². The Bertz CT molecular complexity index is 813. The molecule has 6 nitrogen and oxygen atoms in total. The summed E-state index contributed by atoms with van der Waals surface area (Å²) in [5.41, 5.74) is 2.35. The van der Waals surface area contributed by atoms with E-state index >= 15 is 0 Å². The molecule has 8 heteroatoms. The van der Waals surface area contributed by atoms with E-state index in [4.69, 9.17) is 11.6 Å². The van der Waals surface area contributed by atoms with Crippen molar-refractivity contribution in [3.63, 3.8) is 0 Å². The molecule has 1 aliphatic rings. The normalized spacial score (nSPS) is 13.7. The Labute approximate surface area is 174 Å². The highest BCUT2D eigenvalue weighted by atomic mass is 35.5. The van der Waals surface area contributed by atoms with Crippen LogP contribution in [0.3, 0.4) is 0 Å². The standard InChI is InChI=1S/C20H23ClN4O2S/c21-17-14-16(6-7-18(17)25-10-12-28-13-11-25)23-19(26)8-9-22-20(27)24-15-4-2-1-3-5-15/h1-7,14H,8-13H2,(H,23,26)(H2,22,24,27). The Hall–Kier alpha value is -2.38. The summed E-state index contributed by atoms with van der Waals surface area (Å²) >= 11 is 8.35. The fourth-order valence-electron chi connectivity index (χ4n) is 2.86. The third-order valence-electron chi connectivity index (χ3n) is 4.25. The quantitative estimate of drug-likeness (QED) is 0.661. The van der Waals surface area contributed by atoms with E-state index in [2.05, 4.69) is 20.9 Å². The number of halogens is 1. The van der Waals surface area contributed by atoms with E-state index in [1.807, 2.05) is 42.1 Å². The number of nitrogens with one attached hydrogen (secondary N) is 3. The largest absolute Gasteiger partial charge is 0.369 e. The van der Waals surface area contributed by atoms with Crippen molar-refractivity contribution in [2.75, 3.05) is 46.7 Å². The summed E-state index contributed by atoms with van der Waals surface area (Å²) in [5.74, 6) is 2.01. The molecular formula is C20H23ClN4O2S. The second-order valence-corrected chi connectivity index (χ2v) is 7.94. The van der Waals surface area contributed by atoms with Crippen molar-refractivity contribution in [3.05, 3.63) is 53.6 Å². The third-order valence-corrected chi connectivity index (χ3v) is 5.50. The van der Waals surface area contributed by atoms with Gasteiger partial charge >= 0.3 is 6.03 Å². The molecule has 28 heavy (non-hydrogen) atoms. The van der Waals surface area contributed by atoms with Gasteiger partial charge in [-0.3, -0.25) is 4.79 Å². The van der Waals surface area contributed by atoms with Crippen LogP contribution in [-0.2, 0) is 4.79 Å². The number of benzene rings is 2. The van der Waals surface area contributed by atoms with Crippen molar-refractivity contribution in [1.82, 2.24) is 5.32 Å². The smallest absolute Gasteiger partial charge is 0.319 e. The zero-order valence-corrected chi connectivity index (χ0v) is 17.0. The molecule has 3 amide bonds. The zero-order valence-electron chi connectivity index (χ0n) is 15.4. The summed E-state index contributed by atoms with van der Waals surface area (Å²) in [7, 11) is 0. The SMILES string of the molecule is O=C(CCNC(=O)Nc1ccccc1)Nc1ccc(N2CCSCC2)c(Cl)c1. The minimum absolute atomic E-state index is 0.172. The van der Waals surface area contributed by atoms with Crippen LogP contribution in [0.4, 0.5) is 21.9 Å². The molecular weight excluding hydrogens is 396 g/mol. The first-order valence-corrected chi connectivity index (χ1v) is 10.7. The van der Waals surface area contributed by atoms with Crippen LogP contribution in [-0.4, -0.2) is 43.1 Å². The molecule has 1 heterocycles. The van der Waals surface area contributed by atoms with Gasteiger partial charge in [0, 0.05) is 48.9 Å². The number of hydrogen-bond donors (Lipinski definition) is 3. The number of para-hydroxylation sites is 1. The highest BCUT2D eigenvalue weighted by Gasteiger charge is 2.15. The van der Waals surface area contributed by atoms with Crippen LogP contribution in [0.15, 0.2) is 48.5 Å². The minimum Gasteiger partial charge on any atom is -0.369 e. The van der Waals surface area contributed by atoms with Crippen LogP contribution in [0.25, 0.3) is 0 Å². The van der Waals surface area contributed by atoms with Crippen molar-refractivity contribution in [2.45, 2.75) is 6.42 Å². The van der Waals surface area contributed by atoms with E-state index < -0.39 is 0 Å². The second kappa shape index (κ2) is 10.2. The fourth-order valence-corrected chi connectivity index (χ4v) is 4.06. The Morgan fingerprint density at radius 2 is 1.75 bits per heavy atom. The van der Waals surface area contributed by atoms with Crippen LogP contribution in [0.2, 0.25) is 5.02 Å². The number of thioether (sulfide) groups is 1. The van der Waals surface area contributed by atoms with Gasteiger partial charge in [-0.25, -0.2) is 4.79 Å². The van der Waals surface area contributed by atoms with E-state index in [-0.39, 0.29) is 24.9 Å². The lowest BCUT2D eigenvalue weighted by atomic mass is 10.2. The first-order chi connectivity index (χ1) is 13.6. The molecule has 3 N–H and O–H groups in total. The van der Waals surface area contributed by atoms with Gasteiger partial charge in [0.15, 0.2) is 0 Å². The van der Waals surface area contributed by atoms with E-state index in [9.17, 15) is 9.59 Å². The molecule has 0 unspecified atom stereocenters. The maximum atomic E-state index is 12.1. The molecule has 0 bridgehead atoms. The molecule has 2 aromatic rings. The van der Waals surface area contributed by atoms with Gasteiger partial charge in [-0.1, -0.05) is 29.8 Å². The number of nitrogens with zero attached hydrogens (tertiary/aromatic N) is 1. The van der Waals surface area contributed by atoms with Crippen LogP contribution in [0, 0.1) is 0 Å². The van der Waals surface area contributed by atoms with Crippen molar-refractivity contribution in [2.24, 2.45) is 0 Å². The molecule has 0 atom stereocenters. The van der Waals surface area contributed by atoms with Crippen molar-refractivity contribution >= 4 is 52.4 Å². The number of amides is 3. The number of anilines is 3. The highest BCUT2D eigenvalue weighted by Crippen LogP contribution is 2.30. The maximum Gasteiger partial charge on any atom is 0.319 e. The van der Waals surface area contributed by atoms with Crippen LogP contribution in [0.1, 0.15) is 6.42 Å². The van der Waals surface area contributed by atoms with Gasteiger partial charge in [0.1, 0.15) is 0 Å². The summed E-state index contributed by atoms with van der Waals surface area (Å²) in [5, 5.41) is 8.82. The van der Waals surface area contributed by atoms with Gasteiger partial charge in [-0.2, -0.15) is 11.8 Å². The average Bonchev–Trinajstić information content (AvgIpc) is 2.69. The Balaban J connectivity index is 1.43. The van der Waals surface area contributed by atoms with Crippen molar-refractivity contribution in [1.29, 1.82) is 0 Å². The molecule has 148 valence electrons. The molecule has 1 fully saturated rings. The Kier molecular flexibility index (Phi) is 7.45. The van der Waals surface area contributed by atoms with Crippen LogP contribution in [0.5, 0.6) is 0 Å². The number of carbonyl (C=O) groups is 2. The third kappa shape index (κ3) is 6.07. The number of hydrogen-bond acceptors (Lipinski definition) is 4. The maximum absolute atomic E-state index is 12.1. The number of urea groups is 1. The van der Waals surface area contributed by atoms with Gasteiger partial charge in [0.2, 0.25) is 5.91 Å². The Morgan fingerprint density at radius 3 is 2.46 bits per heavy atom. The number of rotatable bonds is 6. The summed E-state index contributed by atoms with van der Waals surface area (Å²) < 4.78 is 0. The molecule has 2 aromatic carbocycles. The lowest BCUT2D eigenvalue weighted by Crippen LogP contribution is -2.32. The molecule has 1 saturated heterocycles. The van der Waals surface area contributed by atoms with Gasteiger partial charge in [-0.05, 0) is 30.3 Å². The molecule has 0 aromatic heterocycles. The summed E-state index contributed by atoms with van der Waals surface area (Å²) in [6.45, 7) is 2.20. The molecule has 0 radical (unpaired) electrons. The van der Waals surface area contributed by atoms with Crippen molar-refractivity contribution in [3.8, 4) is 0 Å². The van der Waals surface area contributed by atoms with Gasteiger partial charge in [0.25, 0.3) is 0 Å². The van der Waals surface area contributed by atoms with E-state index in [1.165, 1.54) is 0 Å². The molecule has 0 spiro atoms. The van der Waals surface area contributed by atoms with Gasteiger partial charge in [-0.15, -0.1) is 0 Å².